The molecule has 134 valence electrons. The Bertz CT molecular complexity index is 724. The Balaban J connectivity index is 1.52. The average Bonchev–Trinajstić information content (AvgIpc) is 2.87. The molecule has 0 saturated carbocycles. The summed E-state index contributed by atoms with van der Waals surface area (Å²) in [6.45, 7) is 5.99. The number of carbonyl (C=O) groups excluding carboxylic acids is 1. The highest BCUT2D eigenvalue weighted by molar-refractivity contribution is 8.01. The molecule has 1 saturated heterocycles. The fraction of sp³-hybridized carbons (Fsp3) is 0.500. The zero-order chi connectivity index (χ0) is 17.6. The Hall–Kier alpha value is -1.60. The van der Waals surface area contributed by atoms with Crippen molar-refractivity contribution in [2.24, 2.45) is 0 Å². The van der Waals surface area contributed by atoms with E-state index in [1.807, 2.05) is 11.0 Å². The van der Waals surface area contributed by atoms with Gasteiger partial charge in [-0.05, 0) is 49.9 Å². The summed E-state index contributed by atoms with van der Waals surface area (Å²) in [6.07, 6.45) is 4.72. The Morgan fingerprint density at radius 3 is 2.64 bits per heavy atom. The maximum absolute atomic E-state index is 12.3. The van der Waals surface area contributed by atoms with Crippen LogP contribution in [0.25, 0.3) is 0 Å². The van der Waals surface area contributed by atoms with Crippen molar-refractivity contribution in [2.75, 3.05) is 24.2 Å². The summed E-state index contributed by atoms with van der Waals surface area (Å²) in [4.78, 5) is 14.3. The largest absolute Gasteiger partial charge is 0.342 e. The van der Waals surface area contributed by atoms with Crippen molar-refractivity contribution >= 4 is 39.8 Å². The molecule has 1 aliphatic heterocycles. The highest BCUT2D eigenvalue weighted by Gasteiger charge is 2.16. The van der Waals surface area contributed by atoms with Crippen molar-refractivity contribution in [3.8, 4) is 0 Å². The SMILES string of the molecule is Cc1ccc(Nc2nnc(SCC(=O)N3CCCCCC3)s2)cc1C. The van der Waals surface area contributed by atoms with E-state index in [9.17, 15) is 4.79 Å². The minimum atomic E-state index is 0.214. The van der Waals surface area contributed by atoms with Crippen LogP contribution in [0.3, 0.4) is 0 Å². The van der Waals surface area contributed by atoms with Gasteiger partial charge >= 0.3 is 0 Å². The lowest BCUT2D eigenvalue weighted by atomic mass is 10.1. The number of benzene rings is 1. The van der Waals surface area contributed by atoms with E-state index in [1.165, 1.54) is 47.1 Å². The van der Waals surface area contributed by atoms with Crippen molar-refractivity contribution in [3.63, 3.8) is 0 Å². The van der Waals surface area contributed by atoms with Gasteiger partial charge in [-0.3, -0.25) is 4.79 Å². The molecule has 5 nitrogen and oxygen atoms in total. The molecule has 1 fully saturated rings. The fourth-order valence-electron chi connectivity index (χ4n) is 2.80. The average molecular weight is 377 g/mol. The minimum absolute atomic E-state index is 0.214. The Morgan fingerprint density at radius 1 is 1.16 bits per heavy atom. The summed E-state index contributed by atoms with van der Waals surface area (Å²) in [5.41, 5.74) is 3.52. The third kappa shape index (κ3) is 5.19. The molecule has 2 aromatic rings. The lowest BCUT2D eigenvalue weighted by molar-refractivity contribution is -0.128. The van der Waals surface area contributed by atoms with E-state index >= 15 is 0 Å². The van der Waals surface area contributed by atoms with Gasteiger partial charge in [0.2, 0.25) is 11.0 Å². The first-order valence-corrected chi connectivity index (χ1v) is 10.5. The van der Waals surface area contributed by atoms with E-state index in [0.29, 0.717) is 5.75 Å². The number of likely N-dealkylation sites (tertiary alicyclic amines) is 1. The van der Waals surface area contributed by atoms with Gasteiger partial charge in [-0.15, -0.1) is 10.2 Å². The maximum Gasteiger partial charge on any atom is 0.233 e. The Kier molecular flexibility index (Phi) is 6.31. The van der Waals surface area contributed by atoms with Gasteiger partial charge in [0.15, 0.2) is 4.34 Å². The quantitative estimate of drug-likeness (QED) is 0.784. The van der Waals surface area contributed by atoms with Gasteiger partial charge in [0.1, 0.15) is 0 Å². The summed E-state index contributed by atoms with van der Waals surface area (Å²) >= 11 is 2.97. The lowest BCUT2D eigenvalue weighted by Crippen LogP contribution is -2.33. The number of hydrogen-bond acceptors (Lipinski definition) is 6. The molecule has 1 aliphatic rings. The summed E-state index contributed by atoms with van der Waals surface area (Å²) in [5.74, 6) is 0.656. The summed E-state index contributed by atoms with van der Waals surface area (Å²) in [7, 11) is 0. The number of amides is 1. The van der Waals surface area contributed by atoms with Crippen LogP contribution in [0.1, 0.15) is 36.8 Å². The van der Waals surface area contributed by atoms with Gasteiger partial charge < -0.3 is 10.2 Å². The molecule has 0 bridgehead atoms. The molecule has 0 spiro atoms. The molecule has 0 radical (unpaired) electrons. The molecule has 7 heteroatoms. The van der Waals surface area contributed by atoms with Crippen LogP contribution in [0.5, 0.6) is 0 Å². The van der Waals surface area contributed by atoms with Gasteiger partial charge in [0, 0.05) is 18.8 Å². The van der Waals surface area contributed by atoms with Crippen LogP contribution in [0.2, 0.25) is 0 Å². The molecule has 1 aromatic carbocycles. The van der Waals surface area contributed by atoms with Crippen molar-refractivity contribution in [1.82, 2.24) is 15.1 Å². The molecule has 1 aromatic heterocycles. The van der Waals surface area contributed by atoms with Gasteiger partial charge in [-0.2, -0.15) is 0 Å². The Morgan fingerprint density at radius 2 is 1.92 bits per heavy atom. The number of anilines is 2. The van der Waals surface area contributed by atoms with Gasteiger partial charge in [0.05, 0.1) is 5.75 Å². The van der Waals surface area contributed by atoms with Gasteiger partial charge in [-0.1, -0.05) is 42.0 Å². The monoisotopic (exact) mass is 376 g/mol. The van der Waals surface area contributed by atoms with Gasteiger partial charge in [0.25, 0.3) is 0 Å². The summed E-state index contributed by atoms with van der Waals surface area (Å²) < 4.78 is 0.828. The number of hydrogen-bond donors (Lipinski definition) is 1. The second-order valence-electron chi connectivity index (χ2n) is 6.38. The summed E-state index contributed by atoms with van der Waals surface area (Å²) in [5, 5.41) is 12.4. The van der Waals surface area contributed by atoms with E-state index in [1.54, 1.807) is 0 Å². The Labute approximate surface area is 157 Å². The highest BCUT2D eigenvalue weighted by Crippen LogP contribution is 2.28. The van der Waals surface area contributed by atoms with Gasteiger partial charge in [-0.25, -0.2) is 0 Å². The molecule has 2 heterocycles. The third-order valence-corrected chi connectivity index (χ3v) is 6.40. The van der Waals surface area contributed by atoms with E-state index < -0.39 is 0 Å². The molecule has 1 N–H and O–H groups in total. The van der Waals surface area contributed by atoms with Crippen molar-refractivity contribution in [1.29, 1.82) is 0 Å². The maximum atomic E-state index is 12.3. The van der Waals surface area contributed by atoms with Crippen LogP contribution in [-0.2, 0) is 4.79 Å². The molecule has 1 amide bonds. The van der Waals surface area contributed by atoms with E-state index in [0.717, 1.165) is 41.1 Å². The summed E-state index contributed by atoms with van der Waals surface area (Å²) in [6, 6.07) is 6.24. The number of aryl methyl sites for hydroxylation is 2. The molecule has 0 atom stereocenters. The van der Waals surface area contributed by atoms with Crippen molar-refractivity contribution in [2.45, 2.75) is 43.9 Å². The smallest absolute Gasteiger partial charge is 0.233 e. The van der Waals surface area contributed by atoms with Crippen LogP contribution < -0.4 is 5.32 Å². The van der Waals surface area contributed by atoms with Crippen LogP contribution in [0, 0.1) is 13.8 Å². The normalized spacial score (nSPS) is 15.0. The number of thioether (sulfide) groups is 1. The van der Waals surface area contributed by atoms with Crippen LogP contribution in [0.4, 0.5) is 10.8 Å². The minimum Gasteiger partial charge on any atom is -0.342 e. The van der Waals surface area contributed by atoms with Crippen LogP contribution >= 0.6 is 23.1 Å². The number of nitrogens with zero attached hydrogens (tertiary/aromatic N) is 3. The fourth-order valence-corrected chi connectivity index (χ4v) is 4.47. The second-order valence-corrected chi connectivity index (χ2v) is 8.58. The zero-order valence-electron chi connectivity index (χ0n) is 14.7. The highest BCUT2D eigenvalue weighted by atomic mass is 32.2. The second kappa shape index (κ2) is 8.67. The van der Waals surface area contributed by atoms with Crippen LogP contribution in [0.15, 0.2) is 22.5 Å². The van der Waals surface area contributed by atoms with Crippen LogP contribution in [-0.4, -0.2) is 39.8 Å². The standard InChI is InChI=1S/C18H24N4OS2/c1-13-7-8-15(11-14(13)2)19-17-20-21-18(25-17)24-12-16(23)22-9-5-3-4-6-10-22/h7-8,11H,3-6,9-10,12H2,1-2H3,(H,19,20). The first kappa shape index (κ1) is 18.2. The molecule has 3 rings (SSSR count). The van der Waals surface area contributed by atoms with Crippen molar-refractivity contribution in [3.05, 3.63) is 29.3 Å². The lowest BCUT2D eigenvalue weighted by Gasteiger charge is -2.19. The predicted molar refractivity (Wildman–Crippen MR) is 105 cm³/mol. The predicted octanol–water partition coefficient (Wildman–Crippen LogP) is 4.39. The van der Waals surface area contributed by atoms with E-state index in [-0.39, 0.29) is 5.91 Å². The molecular formula is C18H24N4OS2. The van der Waals surface area contributed by atoms with E-state index in [2.05, 4.69) is 41.5 Å². The molecule has 25 heavy (non-hydrogen) atoms. The zero-order valence-corrected chi connectivity index (χ0v) is 16.4. The number of rotatable bonds is 5. The molecular weight excluding hydrogens is 352 g/mol. The molecule has 0 aliphatic carbocycles. The van der Waals surface area contributed by atoms with Crippen molar-refractivity contribution < 1.29 is 4.79 Å². The first-order valence-electron chi connectivity index (χ1n) is 8.70. The first-order chi connectivity index (χ1) is 12.1. The number of aromatic nitrogens is 2. The topological polar surface area (TPSA) is 58.1 Å². The number of nitrogens with one attached hydrogen (secondary N) is 1. The third-order valence-electron chi connectivity index (χ3n) is 4.44. The van der Waals surface area contributed by atoms with E-state index in [4.69, 9.17) is 0 Å². The molecule has 0 unspecified atom stereocenters. The number of carbonyl (C=O) groups is 1.